The maximum absolute atomic E-state index is 12.3. The highest BCUT2D eigenvalue weighted by molar-refractivity contribution is 7.89. The minimum Gasteiger partial charge on any atom is -0.408 e. The first-order chi connectivity index (χ1) is 12.4. The van der Waals surface area contributed by atoms with Gasteiger partial charge in [-0.15, -0.1) is 0 Å². The number of aromatic nitrogens is 1. The lowest BCUT2D eigenvalue weighted by molar-refractivity contribution is 0.102. The number of nitrogens with one attached hydrogen (secondary N) is 3. The Morgan fingerprint density at radius 1 is 1.12 bits per heavy atom. The van der Waals surface area contributed by atoms with E-state index >= 15 is 0 Å². The van der Waals surface area contributed by atoms with Gasteiger partial charge in [0.15, 0.2) is 5.58 Å². The molecule has 2 aromatic carbocycles. The third-order valence-electron chi connectivity index (χ3n) is 4.00. The molecule has 3 N–H and O–H groups in total. The van der Waals surface area contributed by atoms with Crippen molar-refractivity contribution in [1.82, 2.24) is 9.71 Å². The van der Waals surface area contributed by atoms with Crippen molar-refractivity contribution in [2.24, 2.45) is 0 Å². The molecule has 0 radical (unpaired) electrons. The van der Waals surface area contributed by atoms with Crippen LogP contribution >= 0.6 is 0 Å². The summed E-state index contributed by atoms with van der Waals surface area (Å²) < 4.78 is 31.8. The van der Waals surface area contributed by atoms with Gasteiger partial charge in [0.05, 0.1) is 10.4 Å². The van der Waals surface area contributed by atoms with E-state index in [4.69, 9.17) is 4.42 Å². The summed E-state index contributed by atoms with van der Waals surface area (Å²) in [6.07, 6.45) is 1.71. The summed E-state index contributed by atoms with van der Waals surface area (Å²) in [5, 5.41) is 2.69. The average molecular weight is 373 g/mol. The number of oxazole rings is 1. The van der Waals surface area contributed by atoms with E-state index in [0.717, 1.165) is 12.8 Å². The van der Waals surface area contributed by atoms with E-state index in [1.807, 2.05) is 0 Å². The Labute approximate surface area is 148 Å². The van der Waals surface area contributed by atoms with E-state index in [1.54, 1.807) is 18.2 Å². The molecule has 1 aromatic heterocycles. The van der Waals surface area contributed by atoms with Crippen molar-refractivity contribution in [3.05, 3.63) is 58.6 Å². The normalized spacial score (nSPS) is 14.5. The van der Waals surface area contributed by atoms with Gasteiger partial charge in [-0.2, -0.15) is 0 Å². The molecule has 0 spiro atoms. The molecule has 0 unspecified atom stereocenters. The molecule has 0 aliphatic heterocycles. The maximum atomic E-state index is 12.3. The molecular formula is C17H15N3O5S. The largest absolute Gasteiger partial charge is 0.417 e. The van der Waals surface area contributed by atoms with Gasteiger partial charge in [0.1, 0.15) is 0 Å². The highest BCUT2D eigenvalue weighted by Gasteiger charge is 2.27. The smallest absolute Gasteiger partial charge is 0.408 e. The number of carbonyl (C=O) groups is 1. The number of H-pyrrole nitrogens is 1. The summed E-state index contributed by atoms with van der Waals surface area (Å²) in [4.78, 5) is 26.1. The number of rotatable bonds is 5. The average Bonchev–Trinajstić information content (AvgIpc) is 3.32. The van der Waals surface area contributed by atoms with Gasteiger partial charge in [0.25, 0.3) is 5.91 Å². The molecule has 9 heteroatoms. The van der Waals surface area contributed by atoms with Crippen molar-refractivity contribution in [3.63, 3.8) is 0 Å². The first kappa shape index (κ1) is 16.6. The second-order valence-corrected chi connectivity index (χ2v) is 7.81. The zero-order chi connectivity index (χ0) is 18.3. The molecule has 8 nitrogen and oxygen atoms in total. The van der Waals surface area contributed by atoms with Gasteiger partial charge >= 0.3 is 5.76 Å². The highest BCUT2D eigenvalue weighted by atomic mass is 32.2. The molecule has 1 fully saturated rings. The van der Waals surface area contributed by atoms with Crippen molar-refractivity contribution in [2.45, 2.75) is 23.8 Å². The van der Waals surface area contributed by atoms with Gasteiger partial charge < -0.3 is 9.73 Å². The number of hydrogen-bond acceptors (Lipinski definition) is 5. The van der Waals surface area contributed by atoms with Crippen LogP contribution in [0.3, 0.4) is 0 Å². The van der Waals surface area contributed by atoms with Crippen molar-refractivity contribution in [3.8, 4) is 0 Å². The van der Waals surface area contributed by atoms with Crippen molar-refractivity contribution in [2.75, 3.05) is 5.32 Å². The van der Waals surface area contributed by atoms with Gasteiger partial charge in [-0.05, 0) is 55.3 Å². The topological polar surface area (TPSA) is 121 Å². The highest BCUT2D eigenvalue weighted by Crippen LogP contribution is 2.22. The van der Waals surface area contributed by atoms with Gasteiger partial charge in [0.2, 0.25) is 10.0 Å². The predicted molar refractivity (Wildman–Crippen MR) is 94.6 cm³/mol. The van der Waals surface area contributed by atoms with E-state index < -0.39 is 21.7 Å². The summed E-state index contributed by atoms with van der Waals surface area (Å²) in [5.74, 6) is -0.964. The lowest BCUT2D eigenvalue weighted by Crippen LogP contribution is -2.25. The standard InChI is InChI=1S/C17H15N3O5S/c21-16(18-12-5-8-15-14(9-12)19-17(22)25-15)10-1-6-13(7-2-10)26(23,24)20-11-3-4-11/h1-2,5-9,11,20H,3-4H2,(H,18,21)(H,19,22). The third kappa shape index (κ3) is 3.39. The number of amides is 1. The van der Waals surface area contributed by atoms with Crippen molar-refractivity contribution >= 4 is 32.7 Å². The van der Waals surface area contributed by atoms with Gasteiger partial charge in [-0.1, -0.05) is 0 Å². The number of sulfonamides is 1. The minimum atomic E-state index is -3.55. The molecule has 1 aliphatic rings. The molecule has 0 saturated heterocycles. The molecule has 4 rings (SSSR count). The molecule has 0 atom stereocenters. The summed E-state index contributed by atoms with van der Waals surface area (Å²) in [6, 6.07) is 10.5. The summed E-state index contributed by atoms with van der Waals surface area (Å²) in [5.41, 5.74) is 1.66. The number of aromatic amines is 1. The number of carbonyl (C=O) groups excluding carboxylic acids is 1. The van der Waals surface area contributed by atoms with Crippen LogP contribution in [-0.4, -0.2) is 25.4 Å². The van der Waals surface area contributed by atoms with Crippen LogP contribution in [0.5, 0.6) is 0 Å². The lowest BCUT2D eigenvalue weighted by Gasteiger charge is -2.08. The van der Waals surface area contributed by atoms with Gasteiger partial charge in [0, 0.05) is 17.3 Å². The predicted octanol–water partition coefficient (Wildman–Crippen LogP) is 1.81. The minimum absolute atomic E-state index is 0.0206. The zero-order valence-corrected chi connectivity index (χ0v) is 14.3. The van der Waals surface area contributed by atoms with Crippen LogP contribution < -0.4 is 15.8 Å². The fourth-order valence-electron chi connectivity index (χ4n) is 2.51. The monoisotopic (exact) mass is 373 g/mol. The quantitative estimate of drug-likeness (QED) is 0.630. The Kier molecular flexibility index (Phi) is 3.89. The van der Waals surface area contributed by atoms with Crippen LogP contribution in [0.15, 0.2) is 56.6 Å². The lowest BCUT2D eigenvalue weighted by atomic mass is 10.2. The number of benzene rings is 2. The fraction of sp³-hybridized carbons (Fsp3) is 0.176. The molecule has 1 saturated carbocycles. The molecule has 3 aromatic rings. The Hall–Kier alpha value is -2.91. The zero-order valence-electron chi connectivity index (χ0n) is 13.5. The third-order valence-corrected chi connectivity index (χ3v) is 5.54. The van der Waals surface area contributed by atoms with Gasteiger partial charge in [-0.3, -0.25) is 9.78 Å². The van der Waals surface area contributed by atoms with E-state index in [0.29, 0.717) is 22.4 Å². The summed E-state index contributed by atoms with van der Waals surface area (Å²) in [7, 11) is -3.55. The van der Waals surface area contributed by atoms with Crippen LogP contribution in [0.4, 0.5) is 5.69 Å². The van der Waals surface area contributed by atoms with E-state index in [2.05, 4.69) is 15.0 Å². The fourth-order valence-corrected chi connectivity index (χ4v) is 3.81. The molecule has 134 valence electrons. The Morgan fingerprint density at radius 2 is 1.85 bits per heavy atom. The van der Waals surface area contributed by atoms with E-state index in [-0.39, 0.29) is 10.9 Å². The molecule has 26 heavy (non-hydrogen) atoms. The molecule has 1 heterocycles. The SMILES string of the molecule is O=C(Nc1ccc2oc(=O)[nH]c2c1)c1ccc(S(=O)(=O)NC2CC2)cc1. The molecule has 1 aliphatic carbocycles. The second-order valence-electron chi connectivity index (χ2n) is 6.10. The van der Waals surface area contributed by atoms with Gasteiger partial charge in [-0.25, -0.2) is 17.9 Å². The van der Waals surface area contributed by atoms with E-state index in [1.165, 1.54) is 24.3 Å². The molecular weight excluding hydrogens is 358 g/mol. The second kappa shape index (κ2) is 6.11. The van der Waals surface area contributed by atoms with Crippen LogP contribution in [0, 0.1) is 0 Å². The van der Waals surface area contributed by atoms with Crippen LogP contribution in [0.2, 0.25) is 0 Å². The number of hydrogen-bond donors (Lipinski definition) is 3. The Morgan fingerprint density at radius 3 is 2.54 bits per heavy atom. The maximum Gasteiger partial charge on any atom is 0.417 e. The van der Waals surface area contributed by atoms with Crippen LogP contribution in [0.25, 0.3) is 11.1 Å². The first-order valence-electron chi connectivity index (χ1n) is 7.97. The van der Waals surface area contributed by atoms with Crippen LogP contribution in [0.1, 0.15) is 23.2 Å². The van der Waals surface area contributed by atoms with Crippen molar-refractivity contribution in [1.29, 1.82) is 0 Å². The number of fused-ring (bicyclic) bond motifs is 1. The Bertz CT molecular complexity index is 1140. The van der Waals surface area contributed by atoms with Crippen LogP contribution in [-0.2, 0) is 10.0 Å². The molecule has 1 amide bonds. The summed E-state index contributed by atoms with van der Waals surface area (Å²) in [6.45, 7) is 0. The summed E-state index contributed by atoms with van der Waals surface area (Å²) >= 11 is 0. The number of anilines is 1. The van der Waals surface area contributed by atoms with E-state index in [9.17, 15) is 18.0 Å². The first-order valence-corrected chi connectivity index (χ1v) is 9.46. The Balaban J connectivity index is 1.51. The van der Waals surface area contributed by atoms with Crippen molar-refractivity contribution < 1.29 is 17.6 Å². The molecule has 0 bridgehead atoms.